The molecule has 1 amide bonds. The van der Waals surface area contributed by atoms with E-state index in [-0.39, 0.29) is 23.8 Å². The summed E-state index contributed by atoms with van der Waals surface area (Å²) in [6.07, 6.45) is 10.2. The fourth-order valence-corrected chi connectivity index (χ4v) is 5.32. The maximum Gasteiger partial charge on any atom is 0.407 e. The van der Waals surface area contributed by atoms with E-state index in [0.717, 1.165) is 47.6 Å². The molecule has 1 saturated heterocycles. The van der Waals surface area contributed by atoms with E-state index in [1.165, 1.54) is 0 Å². The minimum Gasteiger partial charge on any atom is -0.444 e. The zero-order valence-electron chi connectivity index (χ0n) is 19.1. The number of hydrogen-bond acceptors (Lipinski definition) is 8. The van der Waals surface area contributed by atoms with Crippen LogP contribution in [0.2, 0.25) is 0 Å². The number of ether oxygens (including phenoxy) is 2. The van der Waals surface area contributed by atoms with Crippen molar-refractivity contribution in [1.82, 2.24) is 39.9 Å². The van der Waals surface area contributed by atoms with Crippen LogP contribution in [-0.4, -0.2) is 58.9 Å². The highest BCUT2D eigenvalue weighted by molar-refractivity contribution is 5.75. The normalized spacial score (nSPS) is 26.8. The molecule has 1 aliphatic heterocycles. The number of amides is 1. The number of anilines is 2. The van der Waals surface area contributed by atoms with Crippen LogP contribution in [0.15, 0.2) is 36.9 Å². The Balaban J connectivity index is 1.03. The van der Waals surface area contributed by atoms with E-state index < -0.39 is 0 Å². The third kappa shape index (κ3) is 3.60. The fraction of sp³-hybridized carbons (Fsp3) is 0.435. The number of nitrogens with zero attached hydrogens (tertiary/aromatic N) is 6. The Labute approximate surface area is 200 Å². The first-order valence-electron chi connectivity index (χ1n) is 11.8. The molecule has 2 bridgehead atoms. The molecule has 2 unspecified atom stereocenters. The van der Waals surface area contributed by atoms with Crippen molar-refractivity contribution in [1.29, 1.82) is 0 Å². The van der Waals surface area contributed by atoms with Gasteiger partial charge in [0.1, 0.15) is 17.7 Å². The first-order chi connectivity index (χ1) is 17.0. The van der Waals surface area contributed by atoms with Crippen molar-refractivity contribution in [2.24, 2.45) is 13.0 Å². The first kappa shape index (κ1) is 20.4. The first-order valence-corrected chi connectivity index (χ1v) is 11.8. The summed E-state index contributed by atoms with van der Waals surface area (Å²) in [6.45, 7) is 0.362. The number of carbonyl (C=O) groups is 1. The number of nitrogens with one attached hydrogen (secondary N) is 3. The van der Waals surface area contributed by atoms with Gasteiger partial charge in [-0.25, -0.2) is 14.3 Å². The quantitative estimate of drug-likeness (QED) is 0.387. The van der Waals surface area contributed by atoms with Gasteiger partial charge in [0, 0.05) is 36.8 Å². The van der Waals surface area contributed by atoms with Crippen LogP contribution in [0.5, 0.6) is 0 Å². The molecule has 12 heteroatoms. The van der Waals surface area contributed by atoms with Crippen molar-refractivity contribution >= 4 is 23.2 Å². The van der Waals surface area contributed by atoms with E-state index in [1.807, 2.05) is 31.6 Å². The summed E-state index contributed by atoms with van der Waals surface area (Å²) in [6, 6.07) is 3.77. The number of aryl methyl sites for hydroxylation is 1. The molecule has 0 radical (unpaired) electrons. The molecular weight excluding hydrogens is 450 g/mol. The lowest BCUT2D eigenvalue weighted by molar-refractivity contribution is -0.0510. The molecule has 0 aromatic carbocycles. The fourth-order valence-electron chi connectivity index (χ4n) is 5.32. The second-order valence-electron chi connectivity index (χ2n) is 9.84. The molecule has 4 aliphatic rings. The van der Waals surface area contributed by atoms with Crippen LogP contribution >= 0.6 is 0 Å². The zero-order chi connectivity index (χ0) is 23.6. The predicted octanol–water partition coefficient (Wildman–Crippen LogP) is 2.71. The topological polar surface area (TPSA) is 136 Å². The summed E-state index contributed by atoms with van der Waals surface area (Å²) in [5, 5.41) is 22.3. The molecule has 5 heterocycles. The molecular formula is C23H25N9O3. The van der Waals surface area contributed by atoms with Gasteiger partial charge in [-0.1, -0.05) is 0 Å². The minimum atomic E-state index is -0.339. The Hall–Kier alpha value is -3.93. The zero-order valence-corrected chi connectivity index (χ0v) is 19.1. The van der Waals surface area contributed by atoms with Crippen LogP contribution < -0.4 is 10.6 Å². The summed E-state index contributed by atoms with van der Waals surface area (Å²) in [7, 11) is 1.86. The number of rotatable bonds is 6. The van der Waals surface area contributed by atoms with E-state index >= 15 is 0 Å². The second kappa shape index (κ2) is 7.54. The van der Waals surface area contributed by atoms with Crippen LogP contribution in [0.4, 0.5) is 16.4 Å². The number of aromatic nitrogens is 7. The number of H-pyrrole nitrogens is 1. The van der Waals surface area contributed by atoms with Crippen molar-refractivity contribution in [2.75, 3.05) is 11.9 Å². The van der Waals surface area contributed by atoms with Crippen LogP contribution in [0.3, 0.4) is 0 Å². The summed E-state index contributed by atoms with van der Waals surface area (Å²) in [5.41, 5.74) is 3.27. The number of carbonyl (C=O) groups excluding carboxylic acids is 1. The molecule has 4 aromatic heterocycles. The Kier molecular flexibility index (Phi) is 4.40. The SMILES string of the molecule is Cn1cc(-c2cn3nccc3c(Nc3cc(C4CC(OC(=O)NC56CC(C5)C6)CO4)[nH]n3)n2)cn1. The van der Waals surface area contributed by atoms with Gasteiger partial charge in [0.2, 0.25) is 0 Å². The van der Waals surface area contributed by atoms with E-state index in [0.29, 0.717) is 24.7 Å². The summed E-state index contributed by atoms with van der Waals surface area (Å²) < 4.78 is 15.0. The Morgan fingerprint density at radius 1 is 1.29 bits per heavy atom. The van der Waals surface area contributed by atoms with E-state index in [9.17, 15) is 4.79 Å². The largest absolute Gasteiger partial charge is 0.444 e. The van der Waals surface area contributed by atoms with Crippen molar-refractivity contribution in [3.63, 3.8) is 0 Å². The van der Waals surface area contributed by atoms with Gasteiger partial charge in [0.05, 0.1) is 36.6 Å². The Morgan fingerprint density at radius 2 is 2.17 bits per heavy atom. The van der Waals surface area contributed by atoms with Gasteiger partial charge < -0.3 is 20.1 Å². The molecule has 4 aromatic rings. The number of aromatic amines is 1. The van der Waals surface area contributed by atoms with Crippen LogP contribution in [-0.2, 0) is 16.5 Å². The molecule has 3 saturated carbocycles. The summed E-state index contributed by atoms with van der Waals surface area (Å²) in [4.78, 5) is 17.0. The molecule has 0 spiro atoms. The van der Waals surface area contributed by atoms with Crippen molar-refractivity contribution < 1.29 is 14.3 Å². The average Bonchev–Trinajstić information content (AvgIpc) is 3.56. The second-order valence-corrected chi connectivity index (χ2v) is 9.84. The lowest BCUT2D eigenvalue weighted by Gasteiger charge is -2.61. The summed E-state index contributed by atoms with van der Waals surface area (Å²) in [5.74, 6) is 2.03. The van der Waals surface area contributed by atoms with Crippen LogP contribution in [0, 0.1) is 5.92 Å². The van der Waals surface area contributed by atoms with Gasteiger partial charge in [-0.3, -0.25) is 9.78 Å². The van der Waals surface area contributed by atoms with Gasteiger partial charge in [0.15, 0.2) is 11.6 Å². The summed E-state index contributed by atoms with van der Waals surface area (Å²) >= 11 is 0. The smallest absolute Gasteiger partial charge is 0.407 e. The standard InChI is InChI=1S/C23H25N9O3/c1-31-10-14(9-25-31)17-11-32-18(2-3-24-32)21(26-17)27-20-5-16(29-30-20)19-4-15(12-34-19)35-22(33)28-23-6-13(7-23)8-23/h2-3,5,9-11,13,15,19H,4,6-8,12H2,1H3,(H,28,33)(H2,26,27,29,30). The number of hydrogen-bond donors (Lipinski definition) is 3. The third-order valence-corrected chi connectivity index (χ3v) is 7.22. The van der Waals surface area contributed by atoms with Gasteiger partial charge in [-0.2, -0.15) is 15.3 Å². The molecule has 35 heavy (non-hydrogen) atoms. The Bertz CT molecular complexity index is 1410. The average molecular weight is 476 g/mol. The molecule has 2 atom stereocenters. The molecule has 3 N–H and O–H groups in total. The highest BCUT2D eigenvalue weighted by atomic mass is 16.6. The Morgan fingerprint density at radius 3 is 2.94 bits per heavy atom. The highest BCUT2D eigenvalue weighted by Gasteiger charge is 2.57. The van der Waals surface area contributed by atoms with Gasteiger partial charge in [-0.05, 0) is 31.2 Å². The van der Waals surface area contributed by atoms with Crippen molar-refractivity contribution in [2.45, 2.75) is 43.4 Å². The lowest BCUT2D eigenvalue weighted by Crippen LogP contribution is -2.68. The molecule has 12 nitrogen and oxygen atoms in total. The van der Waals surface area contributed by atoms with E-state index in [1.54, 1.807) is 21.6 Å². The maximum atomic E-state index is 12.3. The number of fused-ring (bicyclic) bond motifs is 1. The minimum absolute atomic E-state index is 0.00779. The van der Waals surface area contributed by atoms with Crippen LogP contribution in [0.1, 0.15) is 37.5 Å². The maximum absolute atomic E-state index is 12.3. The molecule has 180 valence electrons. The van der Waals surface area contributed by atoms with Gasteiger partial charge in [0.25, 0.3) is 0 Å². The third-order valence-electron chi connectivity index (χ3n) is 7.22. The monoisotopic (exact) mass is 475 g/mol. The van der Waals surface area contributed by atoms with E-state index in [4.69, 9.17) is 14.5 Å². The van der Waals surface area contributed by atoms with Crippen molar-refractivity contribution in [3.05, 3.63) is 42.6 Å². The van der Waals surface area contributed by atoms with Crippen molar-refractivity contribution in [3.8, 4) is 11.3 Å². The number of alkyl carbamates (subject to hydrolysis) is 1. The van der Waals surface area contributed by atoms with E-state index in [2.05, 4.69) is 31.0 Å². The predicted molar refractivity (Wildman–Crippen MR) is 124 cm³/mol. The highest BCUT2D eigenvalue weighted by Crippen LogP contribution is 2.56. The van der Waals surface area contributed by atoms with Gasteiger partial charge >= 0.3 is 6.09 Å². The van der Waals surface area contributed by atoms with Crippen LogP contribution in [0.25, 0.3) is 16.8 Å². The lowest BCUT2D eigenvalue weighted by atomic mass is 9.50. The molecule has 4 fully saturated rings. The van der Waals surface area contributed by atoms with Gasteiger partial charge in [-0.15, -0.1) is 0 Å². The molecule has 8 rings (SSSR count). The molecule has 3 aliphatic carbocycles.